The molecule has 0 radical (unpaired) electrons. The van der Waals surface area contributed by atoms with Crippen LogP contribution in [0.5, 0.6) is 0 Å². The van der Waals surface area contributed by atoms with Crippen LogP contribution in [0.25, 0.3) is 0 Å². The van der Waals surface area contributed by atoms with Crippen LogP contribution < -0.4 is 5.32 Å². The maximum atomic E-state index is 12.6. The number of anilines is 1. The van der Waals surface area contributed by atoms with Crippen molar-refractivity contribution in [1.29, 1.82) is 0 Å². The molecule has 0 aliphatic heterocycles. The van der Waals surface area contributed by atoms with E-state index < -0.39 is 0 Å². The summed E-state index contributed by atoms with van der Waals surface area (Å²) in [5.74, 6) is 1.43. The van der Waals surface area contributed by atoms with E-state index in [1.165, 1.54) is 12.8 Å². The minimum absolute atomic E-state index is 0.0153. The number of carbonyl (C=O) groups excluding carboxylic acids is 1. The Kier molecular flexibility index (Phi) is 4.82. The Hall–Kier alpha value is -2.31. The van der Waals surface area contributed by atoms with E-state index in [-0.39, 0.29) is 11.4 Å². The van der Waals surface area contributed by atoms with Crippen LogP contribution in [0.4, 0.5) is 10.6 Å². The summed E-state index contributed by atoms with van der Waals surface area (Å²) in [4.78, 5) is 14.3. The molecule has 0 aromatic carbocycles. The fourth-order valence-electron chi connectivity index (χ4n) is 3.06. The summed E-state index contributed by atoms with van der Waals surface area (Å²) in [6.07, 6.45) is 2.48. The number of carbonyl (C=O) groups is 1. The van der Waals surface area contributed by atoms with Gasteiger partial charge in [-0.2, -0.15) is 10.2 Å². The molecule has 26 heavy (non-hydrogen) atoms. The van der Waals surface area contributed by atoms with Crippen molar-refractivity contribution in [2.45, 2.75) is 65.5 Å². The summed E-state index contributed by atoms with van der Waals surface area (Å²) in [5.41, 5.74) is 2.81. The molecule has 2 aromatic rings. The highest BCUT2D eigenvalue weighted by molar-refractivity contribution is 5.88. The smallest absolute Gasteiger partial charge is 0.322 e. The van der Waals surface area contributed by atoms with Gasteiger partial charge in [-0.3, -0.25) is 10.4 Å². The van der Waals surface area contributed by atoms with Crippen molar-refractivity contribution in [3.8, 4) is 0 Å². The standard InChI is InChI=1S/C19H30N6O/c1-12-9-17(25(23-12)13(2)14-7-8-14)20-18(26)24(6)11-15-10-16(22-21-15)19(3,4)5/h9-10,13-14H,7-8,11H2,1-6H3,(H,20,26)(H,21,22)/t13-/m0/s1. The Morgan fingerprint density at radius 3 is 2.69 bits per heavy atom. The third kappa shape index (κ3) is 4.08. The largest absolute Gasteiger partial charge is 0.323 e. The van der Waals surface area contributed by atoms with Crippen LogP contribution in [-0.2, 0) is 12.0 Å². The molecule has 1 aliphatic rings. The zero-order chi connectivity index (χ0) is 19.1. The fraction of sp³-hybridized carbons (Fsp3) is 0.632. The number of aryl methyl sites for hydroxylation is 1. The van der Waals surface area contributed by atoms with E-state index in [1.54, 1.807) is 11.9 Å². The van der Waals surface area contributed by atoms with Crippen molar-refractivity contribution in [3.63, 3.8) is 0 Å². The molecule has 0 unspecified atom stereocenters. The van der Waals surface area contributed by atoms with Gasteiger partial charge in [-0.25, -0.2) is 9.48 Å². The van der Waals surface area contributed by atoms with E-state index in [4.69, 9.17) is 0 Å². The maximum Gasteiger partial charge on any atom is 0.323 e. The van der Waals surface area contributed by atoms with Crippen LogP contribution in [0.2, 0.25) is 0 Å². The molecule has 2 aromatic heterocycles. The molecule has 1 atom stereocenters. The third-order valence-electron chi connectivity index (χ3n) is 4.94. The van der Waals surface area contributed by atoms with Gasteiger partial charge in [0.1, 0.15) is 5.82 Å². The van der Waals surface area contributed by atoms with Crippen molar-refractivity contribution >= 4 is 11.8 Å². The van der Waals surface area contributed by atoms with Crippen LogP contribution in [-0.4, -0.2) is 38.0 Å². The van der Waals surface area contributed by atoms with Gasteiger partial charge in [-0.05, 0) is 38.7 Å². The summed E-state index contributed by atoms with van der Waals surface area (Å²) in [6, 6.07) is 4.11. The van der Waals surface area contributed by atoms with E-state index in [9.17, 15) is 4.79 Å². The second kappa shape index (κ2) is 6.78. The van der Waals surface area contributed by atoms with Crippen molar-refractivity contribution in [2.75, 3.05) is 12.4 Å². The summed E-state index contributed by atoms with van der Waals surface area (Å²) in [5, 5.41) is 15.0. The lowest BCUT2D eigenvalue weighted by Gasteiger charge is -2.19. The summed E-state index contributed by atoms with van der Waals surface area (Å²) < 4.78 is 1.95. The number of aromatic nitrogens is 4. The van der Waals surface area contributed by atoms with E-state index in [1.807, 2.05) is 23.7 Å². The molecular weight excluding hydrogens is 328 g/mol. The number of nitrogens with zero attached hydrogens (tertiary/aromatic N) is 4. The van der Waals surface area contributed by atoms with Crippen LogP contribution >= 0.6 is 0 Å². The minimum Gasteiger partial charge on any atom is -0.322 e. The molecule has 2 heterocycles. The lowest BCUT2D eigenvalue weighted by molar-refractivity contribution is 0.220. The normalized spacial score (nSPS) is 15.8. The zero-order valence-corrected chi connectivity index (χ0v) is 16.6. The second-order valence-corrected chi connectivity index (χ2v) is 8.51. The predicted molar refractivity (Wildman–Crippen MR) is 102 cm³/mol. The molecule has 0 spiro atoms. The predicted octanol–water partition coefficient (Wildman–Crippen LogP) is 3.85. The van der Waals surface area contributed by atoms with E-state index in [0.29, 0.717) is 18.5 Å². The van der Waals surface area contributed by atoms with Gasteiger partial charge < -0.3 is 4.90 Å². The highest BCUT2D eigenvalue weighted by Gasteiger charge is 2.31. The van der Waals surface area contributed by atoms with Gasteiger partial charge in [0.15, 0.2) is 0 Å². The number of rotatable bonds is 5. The number of aromatic amines is 1. The van der Waals surface area contributed by atoms with Crippen molar-refractivity contribution in [1.82, 2.24) is 24.9 Å². The monoisotopic (exact) mass is 358 g/mol. The number of urea groups is 1. The highest BCUT2D eigenvalue weighted by atomic mass is 16.2. The number of amides is 2. The second-order valence-electron chi connectivity index (χ2n) is 8.51. The Morgan fingerprint density at radius 1 is 1.42 bits per heavy atom. The number of H-pyrrole nitrogens is 1. The average molecular weight is 358 g/mol. The Labute approximate surface area is 155 Å². The Balaban J connectivity index is 1.65. The highest BCUT2D eigenvalue weighted by Crippen LogP contribution is 2.40. The molecule has 7 nitrogen and oxygen atoms in total. The van der Waals surface area contributed by atoms with E-state index >= 15 is 0 Å². The summed E-state index contributed by atoms with van der Waals surface area (Å²) >= 11 is 0. The van der Waals surface area contributed by atoms with Gasteiger partial charge in [-0.1, -0.05) is 20.8 Å². The molecule has 1 fully saturated rings. The van der Waals surface area contributed by atoms with E-state index in [0.717, 1.165) is 22.9 Å². The first-order valence-electron chi connectivity index (χ1n) is 9.28. The van der Waals surface area contributed by atoms with Gasteiger partial charge in [0.25, 0.3) is 0 Å². The molecule has 142 valence electrons. The molecule has 1 saturated carbocycles. The van der Waals surface area contributed by atoms with Gasteiger partial charge in [0, 0.05) is 18.5 Å². The Bertz CT molecular complexity index is 780. The van der Waals surface area contributed by atoms with Gasteiger partial charge in [0.2, 0.25) is 0 Å². The number of hydrogen-bond acceptors (Lipinski definition) is 3. The molecular formula is C19H30N6O. The zero-order valence-electron chi connectivity index (χ0n) is 16.6. The molecule has 0 bridgehead atoms. The average Bonchev–Trinajstić information content (AvgIpc) is 3.18. The van der Waals surface area contributed by atoms with Crippen LogP contribution in [0.3, 0.4) is 0 Å². The molecule has 2 amide bonds. The Morgan fingerprint density at radius 2 is 2.12 bits per heavy atom. The SMILES string of the molecule is Cc1cc(NC(=O)N(C)Cc2cc(C(C)(C)C)n[nH]2)n([C@@H](C)C2CC2)n1. The van der Waals surface area contributed by atoms with Crippen LogP contribution in [0.1, 0.15) is 63.7 Å². The van der Waals surface area contributed by atoms with Crippen molar-refractivity contribution in [2.24, 2.45) is 5.92 Å². The van der Waals surface area contributed by atoms with Gasteiger partial charge in [0.05, 0.1) is 29.7 Å². The molecule has 1 aliphatic carbocycles. The molecule has 7 heteroatoms. The summed E-state index contributed by atoms with van der Waals surface area (Å²) in [6.45, 7) is 11.0. The first-order valence-corrected chi connectivity index (χ1v) is 9.28. The first-order chi connectivity index (χ1) is 12.1. The molecule has 2 N–H and O–H groups in total. The maximum absolute atomic E-state index is 12.6. The quantitative estimate of drug-likeness (QED) is 0.852. The number of hydrogen-bond donors (Lipinski definition) is 2. The molecule has 0 saturated heterocycles. The van der Waals surface area contributed by atoms with Gasteiger partial charge in [-0.15, -0.1) is 0 Å². The molecule has 3 rings (SSSR count). The van der Waals surface area contributed by atoms with Crippen LogP contribution in [0, 0.1) is 12.8 Å². The minimum atomic E-state index is -0.152. The lowest BCUT2D eigenvalue weighted by Crippen LogP contribution is -2.32. The summed E-state index contributed by atoms with van der Waals surface area (Å²) in [7, 11) is 1.78. The van der Waals surface area contributed by atoms with Crippen LogP contribution in [0.15, 0.2) is 12.1 Å². The lowest BCUT2D eigenvalue weighted by atomic mass is 9.92. The topological polar surface area (TPSA) is 78.8 Å². The first kappa shape index (κ1) is 18.5. The van der Waals surface area contributed by atoms with Crippen molar-refractivity contribution in [3.05, 3.63) is 29.2 Å². The van der Waals surface area contributed by atoms with E-state index in [2.05, 4.69) is 48.3 Å². The number of nitrogens with one attached hydrogen (secondary N) is 2. The fourth-order valence-corrected chi connectivity index (χ4v) is 3.06. The third-order valence-corrected chi connectivity index (χ3v) is 4.94. The van der Waals surface area contributed by atoms with Crippen molar-refractivity contribution < 1.29 is 4.79 Å². The van der Waals surface area contributed by atoms with Gasteiger partial charge >= 0.3 is 6.03 Å².